The molecule has 0 saturated heterocycles. The molecule has 8 heteroatoms. The second-order valence-electron chi connectivity index (χ2n) is 4.44. The zero-order valence-electron chi connectivity index (χ0n) is 10.7. The molecule has 1 aromatic carbocycles. The Kier molecular flexibility index (Phi) is 4.40. The minimum atomic E-state index is -4.48. The van der Waals surface area contributed by atoms with Crippen molar-refractivity contribution in [2.24, 2.45) is 5.73 Å². The lowest BCUT2D eigenvalue weighted by molar-refractivity contribution is -0.137. The standard InChI is InChI=1S/C13H12F3NO2S2/c14-13(15,16)10-4-1-3-9(7-10)11(17)8-21(18,19)12-5-2-6-20-12/h1-7,11H,8,17H2. The number of rotatable bonds is 4. The lowest BCUT2D eigenvalue weighted by Crippen LogP contribution is -2.22. The van der Waals surface area contributed by atoms with Crippen LogP contribution in [0.4, 0.5) is 13.2 Å². The van der Waals surface area contributed by atoms with Crippen LogP contribution in [0.25, 0.3) is 0 Å². The van der Waals surface area contributed by atoms with Crippen LogP contribution in [-0.4, -0.2) is 14.2 Å². The zero-order chi connectivity index (χ0) is 15.7. The van der Waals surface area contributed by atoms with Gasteiger partial charge in [-0.25, -0.2) is 8.42 Å². The molecule has 1 heterocycles. The molecule has 3 nitrogen and oxygen atoms in total. The molecule has 0 saturated carbocycles. The lowest BCUT2D eigenvalue weighted by atomic mass is 10.1. The largest absolute Gasteiger partial charge is 0.416 e. The van der Waals surface area contributed by atoms with Gasteiger partial charge in [0.25, 0.3) is 0 Å². The van der Waals surface area contributed by atoms with Gasteiger partial charge in [0.1, 0.15) is 4.21 Å². The van der Waals surface area contributed by atoms with Crippen molar-refractivity contribution in [2.75, 3.05) is 5.75 Å². The Morgan fingerprint density at radius 1 is 1.19 bits per heavy atom. The molecule has 21 heavy (non-hydrogen) atoms. The van der Waals surface area contributed by atoms with Gasteiger partial charge in [-0.05, 0) is 29.1 Å². The first kappa shape index (κ1) is 16.0. The molecule has 2 rings (SSSR count). The maximum absolute atomic E-state index is 12.6. The molecule has 1 unspecified atom stereocenters. The van der Waals surface area contributed by atoms with Gasteiger partial charge in [-0.1, -0.05) is 18.2 Å². The summed E-state index contributed by atoms with van der Waals surface area (Å²) in [5.74, 6) is -0.436. The summed E-state index contributed by atoms with van der Waals surface area (Å²) in [5.41, 5.74) is 5.06. The van der Waals surface area contributed by atoms with Gasteiger partial charge in [0, 0.05) is 6.04 Å². The first-order chi connectivity index (χ1) is 9.70. The molecular formula is C13H12F3NO2S2. The molecule has 2 N–H and O–H groups in total. The van der Waals surface area contributed by atoms with Crippen LogP contribution in [0.2, 0.25) is 0 Å². The molecule has 2 aromatic rings. The predicted octanol–water partition coefficient (Wildman–Crippen LogP) is 3.24. The highest BCUT2D eigenvalue weighted by Gasteiger charge is 2.31. The smallest absolute Gasteiger partial charge is 0.323 e. The van der Waals surface area contributed by atoms with Gasteiger partial charge >= 0.3 is 6.18 Å². The molecule has 0 fully saturated rings. The van der Waals surface area contributed by atoms with Crippen molar-refractivity contribution in [1.29, 1.82) is 0 Å². The molecule has 0 aliphatic heterocycles. The van der Waals surface area contributed by atoms with Crippen LogP contribution >= 0.6 is 11.3 Å². The first-order valence-electron chi connectivity index (χ1n) is 5.89. The van der Waals surface area contributed by atoms with E-state index in [0.717, 1.165) is 23.5 Å². The number of halogens is 3. The highest BCUT2D eigenvalue weighted by molar-refractivity contribution is 7.93. The molecule has 0 aliphatic rings. The van der Waals surface area contributed by atoms with Gasteiger partial charge in [-0.2, -0.15) is 13.2 Å². The topological polar surface area (TPSA) is 60.2 Å². The van der Waals surface area contributed by atoms with E-state index in [4.69, 9.17) is 5.73 Å². The molecule has 0 radical (unpaired) electrons. The third-order valence-electron chi connectivity index (χ3n) is 2.84. The van der Waals surface area contributed by atoms with Crippen LogP contribution in [-0.2, 0) is 16.0 Å². The average Bonchev–Trinajstić information content (AvgIpc) is 2.92. The summed E-state index contributed by atoms with van der Waals surface area (Å²) < 4.78 is 62.2. The van der Waals surface area contributed by atoms with Gasteiger partial charge in [-0.15, -0.1) is 11.3 Å². The van der Waals surface area contributed by atoms with Gasteiger partial charge in [0.15, 0.2) is 9.84 Å². The molecule has 114 valence electrons. The number of sulfone groups is 1. The SMILES string of the molecule is NC(CS(=O)(=O)c1cccs1)c1cccc(C(F)(F)F)c1. The Morgan fingerprint density at radius 2 is 1.90 bits per heavy atom. The minimum Gasteiger partial charge on any atom is -0.323 e. The van der Waals surface area contributed by atoms with Crippen molar-refractivity contribution < 1.29 is 21.6 Å². The summed E-state index contributed by atoms with van der Waals surface area (Å²) in [6.45, 7) is 0. The molecule has 1 atom stereocenters. The number of nitrogens with two attached hydrogens (primary N) is 1. The summed E-state index contributed by atoms with van der Waals surface area (Å²) in [5, 5.41) is 1.61. The Bertz CT molecular complexity index is 709. The molecule has 0 amide bonds. The van der Waals surface area contributed by atoms with Crippen LogP contribution < -0.4 is 5.73 Å². The summed E-state index contributed by atoms with van der Waals surface area (Å²) in [4.78, 5) is 0. The van der Waals surface area contributed by atoms with E-state index in [9.17, 15) is 21.6 Å². The van der Waals surface area contributed by atoms with Crippen LogP contribution in [0, 0.1) is 0 Å². The van der Waals surface area contributed by atoms with Gasteiger partial charge in [0.2, 0.25) is 0 Å². The molecule has 0 aliphatic carbocycles. The van der Waals surface area contributed by atoms with E-state index in [1.807, 2.05) is 0 Å². The fraction of sp³-hybridized carbons (Fsp3) is 0.231. The highest BCUT2D eigenvalue weighted by Crippen LogP contribution is 2.31. The van der Waals surface area contributed by atoms with E-state index in [0.29, 0.717) is 0 Å². The van der Waals surface area contributed by atoms with E-state index in [2.05, 4.69) is 0 Å². The third kappa shape index (κ3) is 3.84. The Morgan fingerprint density at radius 3 is 2.48 bits per heavy atom. The molecule has 1 aromatic heterocycles. The predicted molar refractivity (Wildman–Crippen MR) is 74.7 cm³/mol. The van der Waals surface area contributed by atoms with E-state index in [1.54, 1.807) is 11.4 Å². The lowest BCUT2D eigenvalue weighted by Gasteiger charge is -2.14. The van der Waals surface area contributed by atoms with Crippen molar-refractivity contribution in [2.45, 2.75) is 16.4 Å². The van der Waals surface area contributed by atoms with Crippen molar-refractivity contribution in [3.8, 4) is 0 Å². The summed E-state index contributed by atoms with van der Waals surface area (Å²) in [7, 11) is -3.60. The van der Waals surface area contributed by atoms with Crippen molar-refractivity contribution in [3.63, 3.8) is 0 Å². The van der Waals surface area contributed by atoms with E-state index in [1.165, 1.54) is 18.2 Å². The second kappa shape index (κ2) is 5.78. The normalized spacial score (nSPS) is 14.1. The number of thiophene rings is 1. The fourth-order valence-corrected chi connectivity index (χ4v) is 4.32. The first-order valence-corrected chi connectivity index (χ1v) is 8.42. The quantitative estimate of drug-likeness (QED) is 0.933. The van der Waals surface area contributed by atoms with Crippen molar-refractivity contribution in [3.05, 3.63) is 52.9 Å². The Labute approximate surface area is 124 Å². The van der Waals surface area contributed by atoms with E-state index in [-0.39, 0.29) is 9.77 Å². The van der Waals surface area contributed by atoms with Crippen LogP contribution in [0.5, 0.6) is 0 Å². The number of hydrogen-bond donors (Lipinski definition) is 1. The van der Waals surface area contributed by atoms with Gasteiger partial charge < -0.3 is 5.73 Å². The molecular weight excluding hydrogens is 323 g/mol. The number of hydrogen-bond acceptors (Lipinski definition) is 4. The fourth-order valence-electron chi connectivity index (χ4n) is 1.80. The van der Waals surface area contributed by atoms with Gasteiger partial charge in [-0.3, -0.25) is 0 Å². The highest BCUT2D eigenvalue weighted by atomic mass is 32.2. The molecule has 0 spiro atoms. The van der Waals surface area contributed by atoms with Gasteiger partial charge in [0.05, 0.1) is 11.3 Å². The molecule has 0 bridgehead atoms. The maximum atomic E-state index is 12.6. The van der Waals surface area contributed by atoms with Crippen molar-refractivity contribution in [1.82, 2.24) is 0 Å². The maximum Gasteiger partial charge on any atom is 0.416 e. The van der Waals surface area contributed by atoms with E-state index >= 15 is 0 Å². The summed E-state index contributed by atoms with van der Waals surface area (Å²) >= 11 is 1.05. The van der Waals surface area contributed by atoms with E-state index < -0.39 is 33.4 Å². The second-order valence-corrected chi connectivity index (χ2v) is 7.65. The summed E-state index contributed by atoms with van der Waals surface area (Å²) in [6, 6.07) is 6.43. The van der Waals surface area contributed by atoms with Crippen LogP contribution in [0.3, 0.4) is 0 Å². The van der Waals surface area contributed by atoms with Crippen LogP contribution in [0.15, 0.2) is 46.0 Å². The average molecular weight is 335 g/mol. The Balaban J connectivity index is 2.23. The monoisotopic (exact) mass is 335 g/mol. The number of benzene rings is 1. The number of alkyl halides is 3. The third-order valence-corrected chi connectivity index (χ3v) is 6.10. The van der Waals surface area contributed by atoms with Crippen molar-refractivity contribution >= 4 is 21.2 Å². The van der Waals surface area contributed by atoms with Crippen LogP contribution in [0.1, 0.15) is 17.2 Å². The summed E-state index contributed by atoms with van der Waals surface area (Å²) in [6.07, 6.45) is -4.48. The Hall–Kier alpha value is -1.38. The minimum absolute atomic E-state index is 0.143. The zero-order valence-corrected chi connectivity index (χ0v) is 12.3.